The zero-order valence-electron chi connectivity index (χ0n) is 16.3. The highest BCUT2D eigenvalue weighted by molar-refractivity contribution is 5.08. The molecule has 0 bridgehead atoms. The largest absolute Gasteiger partial charge is 0.375 e. The second-order valence-corrected chi connectivity index (χ2v) is 8.48. The van der Waals surface area contributed by atoms with Crippen molar-refractivity contribution in [2.75, 3.05) is 32.7 Å². The molecule has 2 saturated heterocycles. The van der Waals surface area contributed by atoms with E-state index in [1.807, 2.05) is 0 Å². The molecule has 24 heavy (non-hydrogen) atoms. The lowest BCUT2D eigenvalue weighted by atomic mass is 9.87. The van der Waals surface area contributed by atoms with Crippen molar-refractivity contribution in [3.8, 4) is 0 Å². The summed E-state index contributed by atoms with van der Waals surface area (Å²) < 4.78 is 0. The number of hydrogen-bond donors (Lipinski definition) is 0. The van der Waals surface area contributed by atoms with Crippen LogP contribution in [0.3, 0.4) is 0 Å². The molecule has 0 saturated carbocycles. The summed E-state index contributed by atoms with van der Waals surface area (Å²) >= 11 is 0. The lowest BCUT2D eigenvalue weighted by Crippen LogP contribution is -2.38. The van der Waals surface area contributed by atoms with Crippen molar-refractivity contribution in [2.45, 2.75) is 52.9 Å². The van der Waals surface area contributed by atoms with E-state index in [0.29, 0.717) is 11.8 Å². The van der Waals surface area contributed by atoms with Crippen LogP contribution in [0.1, 0.15) is 52.9 Å². The minimum Gasteiger partial charge on any atom is -0.375 e. The van der Waals surface area contributed by atoms with E-state index in [1.165, 1.54) is 55.6 Å². The molecule has 2 heterocycles. The van der Waals surface area contributed by atoms with E-state index in [4.69, 9.17) is 0 Å². The second kappa shape index (κ2) is 8.89. The first-order valence-corrected chi connectivity index (χ1v) is 9.85. The molecule has 2 nitrogen and oxygen atoms in total. The summed E-state index contributed by atoms with van der Waals surface area (Å²) in [5, 5.41) is 0. The lowest BCUT2D eigenvalue weighted by Gasteiger charge is -2.38. The van der Waals surface area contributed by atoms with Crippen molar-refractivity contribution in [1.29, 1.82) is 0 Å². The highest BCUT2D eigenvalue weighted by Gasteiger charge is 2.25. The molecule has 0 radical (unpaired) electrons. The Morgan fingerprint density at radius 3 is 1.96 bits per heavy atom. The van der Waals surface area contributed by atoms with Gasteiger partial charge in [-0.2, -0.15) is 0 Å². The Bertz CT molecular complexity index is 447. The summed E-state index contributed by atoms with van der Waals surface area (Å²) in [7, 11) is 0. The third-order valence-electron chi connectivity index (χ3n) is 5.87. The summed E-state index contributed by atoms with van der Waals surface area (Å²) in [5.74, 6) is 2.14. The van der Waals surface area contributed by atoms with Gasteiger partial charge in [-0.25, -0.2) is 0 Å². The second-order valence-electron chi connectivity index (χ2n) is 8.48. The van der Waals surface area contributed by atoms with Gasteiger partial charge in [-0.05, 0) is 69.9 Å². The minimum absolute atomic E-state index is 0.701. The Balaban J connectivity index is 1.71. The van der Waals surface area contributed by atoms with Gasteiger partial charge in [-0.15, -0.1) is 0 Å². The Hall–Kier alpha value is -1.02. The van der Waals surface area contributed by atoms with Gasteiger partial charge in [0.15, 0.2) is 0 Å². The fourth-order valence-corrected chi connectivity index (χ4v) is 4.20. The lowest BCUT2D eigenvalue weighted by molar-refractivity contribution is 0.193. The van der Waals surface area contributed by atoms with Crippen LogP contribution < -0.4 is 0 Å². The predicted molar refractivity (Wildman–Crippen MR) is 106 cm³/mol. The normalized spacial score (nSPS) is 21.2. The maximum absolute atomic E-state index is 4.44. The Morgan fingerprint density at radius 1 is 0.917 bits per heavy atom. The maximum Gasteiger partial charge on any atom is 0.0192 e. The summed E-state index contributed by atoms with van der Waals surface area (Å²) in [6, 6.07) is 0. The topological polar surface area (TPSA) is 6.48 Å². The first-order chi connectivity index (χ1) is 11.4. The molecule has 0 amide bonds. The quantitative estimate of drug-likeness (QED) is 0.599. The number of piperidine rings is 2. The van der Waals surface area contributed by atoms with Gasteiger partial charge in [-0.1, -0.05) is 44.7 Å². The van der Waals surface area contributed by atoms with Crippen molar-refractivity contribution in [3.63, 3.8) is 0 Å². The van der Waals surface area contributed by atoms with E-state index >= 15 is 0 Å². The van der Waals surface area contributed by atoms with E-state index in [2.05, 4.69) is 50.3 Å². The van der Waals surface area contributed by atoms with Crippen molar-refractivity contribution < 1.29 is 0 Å². The molecule has 0 N–H and O–H groups in total. The number of hydrogen-bond acceptors (Lipinski definition) is 2. The molecule has 0 aliphatic carbocycles. The van der Waals surface area contributed by atoms with Gasteiger partial charge in [0, 0.05) is 25.3 Å². The Kier molecular flexibility index (Phi) is 7.16. The van der Waals surface area contributed by atoms with Crippen LogP contribution in [0.15, 0.2) is 36.6 Å². The summed E-state index contributed by atoms with van der Waals surface area (Å²) in [5.41, 5.74) is 4.15. The molecule has 0 atom stereocenters. The van der Waals surface area contributed by atoms with E-state index in [9.17, 15) is 0 Å². The molecule has 2 fully saturated rings. The zero-order valence-corrected chi connectivity index (χ0v) is 16.3. The molecule has 2 rings (SSSR count). The number of nitrogens with zero attached hydrogens (tertiary/aromatic N) is 2. The first kappa shape index (κ1) is 19.3. The van der Waals surface area contributed by atoms with Crippen LogP contribution in [0.25, 0.3) is 0 Å². The monoisotopic (exact) mass is 330 g/mol. The standard InChI is InChI=1S/C22H38N2/c1-17(2)15-20(6)24-13-9-22(10-14-24)19(5)16-23-11-7-21(8-12-23)18(3)4/h17,21-22H,3,5-16H2,1-2,4H3. The van der Waals surface area contributed by atoms with Gasteiger partial charge in [0.2, 0.25) is 0 Å². The number of allylic oxidation sites excluding steroid dienone is 2. The van der Waals surface area contributed by atoms with E-state index in [0.717, 1.165) is 32.0 Å². The van der Waals surface area contributed by atoms with Crippen LogP contribution in [0.5, 0.6) is 0 Å². The summed E-state index contributed by atoms with van der Waals surface area (Å²) in [4.78, 5) is 5.11. The average Bonchev–Trinajstić information content (AvgIpc) is 2.54. The van der Waals surface area contributed by atoms with Crippen LogP contribution in [0, 0.1) is 17.8 Å². The zero-order chi connectivity index (χ0) is 17.7. The van der Waals surface area contributed by atoms with Crippen molar-refractivity contribution in [1.82, 2.24) is 9.80 Å². The highest BCUT2D eigenvalue weighted by Crippen LogP contribution is 2.29. The van der Waals surface area contributed by atoms with Crippen LogP contribution in [-0.4, -0.2) is 42.5 Å². The smallest absolute Gasteiger partial charge is 0.0192 e. The summed E-state index contributed by atoms with van der Waals surface area (Å²) in [6.07, 6.45) is 6.17. The van der Waals surface area contributed by atoms with Gasteiger partial charge in [0.25, 0.3) is 0 Å². The minimum atomic E-state index is 0.701. The van der Waals surface area contributed by atoms with Crippen LogP contribution >= 0.6 is 0 Å². The summed E-state index contributed by atoms with van der Waals surface area (Å²) in [6.45, 7) is 25.4. The molecule has 0 spiro atoms. The van der Waals surface area contributed by atoms with Crippen LogP contribution in [0.2, 0.25) is 0 Å². The third-order valence-corrected chi connectivity index (χ3v) is 5.87. The first-order valence-electron chi connectivity index (χ1n) is 9.85. The molecule has 2 aliphatic rings. The molecule has 2 heteroatoms. The highest BCUT2D eigenvalue weighted by atomic mass is 15.1. The molecule has 0 aromatic rings. The average molecular weight is 331 g/mol. The van der Waals surface area contributed by atoms with Gasteiger partial charge >= 0.3 is 0 Å². The van der Waals surface area contributed by atoms with Gasteiger partial charge in [0.1, 0.15) is 0 Å². The van der Waals surface area contributed by atoms with Crippen molar-refractivity contribution in [2.24, 2.45) is 17.8 Å². The SMILES string of the molecule is C=C(C)C1CCN(CC(=C)C2CCN(C(=C)CC(C)C)CC2)CC1. The fraction of sp³-hybridized carbons (Fsp3) is 0.727. The molecule has 0 aromatic heterocycles. The van der Waals surface area contributed by atoms with Gasteiger partial charge in [0.05, 0.1) is 0 Å². The van der Waals surface area contributed by atoms with E-state index < -0.39 is 0 Å². The molecule has 2 aliphatic heterocycles. The number of rotatable bonds is 7. The van der Waals surface area contributed by atoms with E-state index in [-0.39, 0.29) is 0 Å². The Morgan fingerprint density at radius 2 is 1.46 bits per heavy atom. The van der Waals surface area contributed by atoms with Crippen molar-refractivity contribution >= 4 is 0 Å². The van der Waals surface area contributed by atoms with Crippen LogP contribution in [-0.2, 0) is 0 Å². The van der Waals surface area contributed by atoms with Gasteiger partial charge < -0.3 is 4.90 Å². The number of likely N-dealkylation sites (tertiary alicyclic amines) is 2. The molecule has 0 aromatic carbocycles. The van der Waals surface area contributed by atoms with Crippen molar-refractivity contribution in [3.05, 3.63) is 36.6 Å². The van der Waals surface area contributed by atoms with Gasteiger partial charge in [-0.3, -0.25) is 4.90 Å². The van der Waals surface area contributed by atoms with Crippen LogP contribution in [0.4, 0.5) is 0 Å². The maximum atomic E-state index is 4.44. The molecular weight excluding hydrogens is 292 g/mol. The third kappa shape index (κ3) is 5.51. The molecule has 136 valence electrons. The molecular formula is C22H38N2. The van der Waals surface area contributed by atoms with E-state index in [1.54, 1.807) is 0 Å². The fourth-order valence-electron chi connectivity index (χ4n) is 4.20. The predicted octanol–water partition coefficient (Wildman–Crippen LogP) is 5.10. The Labute approximate surface area is 150 Å². The molecule has 0 unspecified atom stereocenters.